The van der Waals surface area contributed by atoms with Gasteiger partial charge in [-0.25, -0.2) is 0 Å². The minimum absolute atomic E-state index is 0.0264. The number of hydrogen-bond donors (Lipinski definition) is 2. The van der Waals surface area contributed by atoms with Gasteiger partial charge in [-0.15, -0.1) is 0 Å². The van der Waals surface area contributed by atoms with Crippen LogP contribution < -0.4 is 15.4 Å². The van der Waals surface area contributed by atoms with Gasteiger partial charge >= 0.3 is 0 Å². The second-order valence-electron chi connectivity index (χ2n) is 5.88. The Hall–Kier alpha value is -2.33. The molecule has 1 saturated heterocycles. The normalized spacial score (nSPS) is 17.0. The van der Waals surface area contributed by atoms with Gasteiger partial charge in [0.05, 0.1) is 6.04 Å². The molecule has 0 saturated carbocycles. The molecule has 1 fully saturated rings. The number of amides is 1. The first kappa shape index (κ1) is 15.6. The quantitative estimate of drug-likeness (QED) is 0.891. The monoisotopic (exact) mass is 310 g/mol. The van der Waals surface area contributed by atoms with Crippen LogP contribution in [0.3, 0.4) is 0 Å². The molecule has 0 bridgehead atoms. The first-order chi connectivity index (χ1) is 11.2. The number of aryl methyl sites for hydroxylation is 1. The summed E-state index contributed by atoms with van der Waals surface area (Å²) in [6.45, 7) is 3.51. The van der Waals surface area contributed by atoms with Crippen molar-refractivity contribution >= 4 is 11.6 Å². The molecule has 0 spiro atoms. The maximum Gasteiger partial charge on any atom is 0.241 e. The van der Waals surface area contributed by atoms with E-state index < -0.39 is 0 Å². The summed E-state index contributed by atoms with van der Waals surface area (Å²) >= 11 is 0. The second-order valence-corrected chi connectivity index (χ2v) is 5.88. The smallest absolute Gasteiger partial charge is 0.241 e. The zero-order valence-electron chi connectivity index (χ0n) is 13.3. The predicted molar refractivity (Wildman–Crippen MR) is 91.6 cm³/mol. The van der Waals surface area contributed by atoms with Gasteiger partial charge in [0.25, 0.3) is 0 Å². The molecule has 2 aromatic rings. The van der Waals surface area contributed by atoms with Crippen molar-refractivity contribution in [3.63, 3.8) is 0 Å². The third kappa shape index (κ3) is 4.11. The highest BCUT2D eigenvalue weighted by Gasteiger charge is 2.21. The van der Waals surface area contributed by atoms with Crippen LogP contribution in [0, 0.1) is 6.92 Å². The molecular weight excluding hydrogens is 288 g/mol. The van der Waals surface area contributed by atoms with Crippen molar-refractivity contribution in [3.05, 3.63) is 59.7 Å². The van der Waals surface area contributed by atoms with Gasteiger partial charge in [-0.3, -0.25) is 4.79 Å². The lowest BCUT2D eigenvalue weighted by Gasteiger charge is -2.13. The minimum atomic E-state index is -0.0773. The number of ether oxygens (including phenoxy) is 1. The van der Waals surface area contributed by atoms with Crippen molar-refractivity contribution in [2.45, 2.75) is 32.4 Å². The summed E-state index contributed by atoms with van der Waals surface area (Å²) in [4.78, 5) is 12.1. The van der Waals surface area contributed by atoms with Gasteiger partial charge in [-0.05, 0) is 49.6 Å². The molecule has 1 aliphatic heterocycles. The fourth-order valence-corrected chi connectivity index (χ4v) is 2.73. The van der Waals surface area contributed by atoms with Gasteiger partial charge in [-0.2, -0.15) is 0 Å². The fraction of sp³-hybridized carbons (Fsp3) is 0.316. The van der Waals surface area contributed by atoms with E-state index in [1.807, 2.05) is 36.4 Å². The lowest BCUT2D eigenvalue weighted by atomic mass is 10.1. The highest BCUT2D eigenvalue weighted by atomic mass is 16.5. The Morgan fingerprint density at radius 2 is 2.13 bits per heavy atom. The minimum Gasteiger partial charge on any atom is -0.489 e. The molecule has 0 aliphatic carbocycles. The third-order valence-corrected chi connectivity index (χ3v) is 4.13. The molecule has 1 heterocycles. The van der Waals surface area contributed by atoms with Crippen LogP contribution in [0.4, 0.5) is 5.69 Å². The average molecular weight is 310 g/mol. The Morgan fingerprint density at radius 1 is 1.26 bits per heavy atom. The van der Waals surface area contributed by atoms with Crippen LogP contribution in [-0.2, 0) is 11.4 Å². The summed E-state index contributed by atoms with van der Waals surface area (Å²) < 4.78 is 5.85. The van der Waals surface area contributed by atoms with Crippen molar-refractivity contribution in [2.24, 2.45) is 0 Å². The maximum atomic E-state index is 12.1. The molecule has 0 aromatic heterocycles. The Morgan fingerprint density at radius 3 is 2.91 bits per heavy atom. The van der Waals surface area contributed by atoms with E-state index in [0.717, 1.165) is 36.4 Å². The standard InChI is InChI=1S/C19H22N2O2/c1-14-6-2-3-7-15(14)13-23-17-9-4-8-16(12-17)21-19(22)18-10-5-11-20-18/h2-4,6-9,12,18,20H,5,10-11,13H2,1H3,(H,21,22). The van der Waals surface area contributed by atoms with E-state index in [2.05, 4.69) is 29.7 Å². The fourth-order valence-electron chi connectivity index (χ4n) is 2.73. The molecule has 3 rings (SSSR count). The first-order valence-electron chi connectivity index (χ1n) is 8.04. The first-order valence-corrected chi connectivity index (χ1v) is 8.04. The number of carbonyl (C=O) groups excluding carboxylic acids is 1. The average Bonchev–Trinajstić information content (AvgIpc) is 3.09. The topological polar surface area (TPSA) is 50.4 Å². The zero-order chi connectivity index (χ0) is 16.1. The van der Waals surface area contributed by atoms with Crippen LogP contribution in [-0.4, -0.2) is 18.5 Å². The second kappa shape index (κ2) is 7.29. The largest absolute Gasteiger partial charge is 0.489 e. The summed E-state index contributed by atoms with van der Waals surface area (Å²) in [7, 11) is 0. The molecule has 1 amide bonds. The predicted octanol–water partition coefficient (Wildman–Crippen LogP) is 3.26. The number of hydrogen-bond acceptors (Lipinski definition) is 3. The van der Waals surface area contributed by atoms with Crippen LogP contribution in [0.15, 0.2) is 48.5 Å². The molecule has 2 aromatic carbocycles. The van der Waals surface area contributed by atoms with Gasteiger partial charge in [0, 0.05) is 11.8 Å². The molecule has 4 heteroatoms. The third-order valence-electron chi connectivity index (χ3n) is 4.13. The Labute approximate surface area is 136 Å². The SMILES string of the molecule is Cc1ccccc1COc1cccc(NC(=O)C2CCCN2)c1. The van der Waals surface area contributed by atoms with Gasteiger partial charge < -0.3 is 15.4 Å². The Kier molecular flexibility index (Phi) is 4.93. The molecule has 1 unspecified atom stereocenters. The molecule has 4 nitrogen and oxygen atoms in total. The van der Waals surface area contributed by atoms with Crippen LogP contribution in [0.25, 0.3) is 0 Å². The van der Waals surface area contributed by atoms with Gasteiger partial charge in [0.2, 0.25) is 5.91 Å². The van der Waals surface area contributed by atoms with Crippen molar-refractivity contribution in [1.29, 1.82) is 0 Å². The van der Waals surface area contributed by atoms with E-state index in [9.17, 15) is 4.79 Å². The molecular formula is C19H22N2O2. The number of nitrogens with one attached hydrogen (secondary N) is 2. The molecule has 1 atom stereocenters. The van der Waals surface area contributed by atoms with Crippen LogP contribution in [0.1, 0.15) is 24.0 Å². The van der Waals surface area contributed by atoms with Gasteiger partial charge in [-0.1, -0.05) is 30.3 Å². The van der Waals surface area contributed by atoms with E-state index in [1.54, 1.807) is 0 Å². The molecule has 23 heavy (non-hydrogen) atoms. The highest BCUT2D eigenvalue weighted by Crippen LogP contribution is 2.20. The van der Waals surface area contributed by atoms with Crippen molar-refractivity contribution in [3.8, 4) is 5.75 Å². The van der Waals surface area contributed by atoms with Crippen LogP contribution in [0.2, 0.25) is 0 Å². The van der Waals surface area contributed by atoms with Gasteiger partial charge in [0.1, 0.15) is 12.4 Å². The summed E-state index contributed by atoms with van der Waals surface area (Å²) in [6.07, 6.45) is 1.95. The van der Waals surface area contributed by atoms with Gasteiger partial charge in [0.15, 0.2) is 0 Å². The number of anilines is 1. The molecule has 2 N–H and O–H groups in total. The molecule has 0 radical (unpaired) electrons. The van der Waals surface area contributed by atoms with Crippen LogP contribution in [0.5, 0.6) is 5.75 Å². The van der Waals surface area contributed by atoms with Crippen molar-refractivity contribution in [2.75, 3.05) is 11.9 Å². The number of carbonyl (C=O) groups is 1. The van der Waals surface area contributed by atoms with E-state index in [1.165, 1.54) is 5.56 Å². The Balaban J connectivity index is 1.61. The highest BCUT2D eigenvalue weighted by molar-refractivity contribution is 5.95. The maximum absolute atomic E-state index is 12.1. The summed E-state index contributed by atoms with van der Waals surface area (Å²) in [5.74, 6) is 0.781. The summed E-state index contributed by atoms with van der Waals surface area (Å²) in [5.41, 5.74) is 3.15. The Bertz CT molecular complexity index is 679. The number of rotatable bonds is 5. The van der Waals surface area contributed by atoms with Crippen LogP contribution >= 0.6 is 0 Å². The van der Waals surface area contributed by atoms with E-state index >= 15 is 0 Å². The summed E-state index contributed by atoms with van der Waals surface area (Å²) in [5, 5.41) is 6.15. The van der Waals surface area contributed by atoms with E-state index in [-0.39, 0.29) is 11.9 Å². The summed E-state index contributed by atoms with van der Waals surface area (Å²) in [6, 6.07) is 15.6. The molecule has 120 valence electrons. The van der Waals surface area contributed by atoms with Crippen molar-refractivity contribution in [1.82, 2.24) is 5.32 Å². The lowest BCUT2D eigenvalue weighted by molar-refractivity contribution is -0.117. The van der Waals surface area contributed by atoms with E-state index in [0.29, 0.717) is 6.61 Å². The lowest BCUT2D eigenvalue weighted by Crippen LogP contribution is -2.35. The molecule has 1 aliphatic rings. The van der Waals surface area contributed by atoms with Crippen molar-refractivity contribution < 1.29 is 9.53 Å². The number of benzene rings is 2. The van der Waals surface area contributed by atoms with E-state index in [4.69, 9.17) is 4.74 Å². The zero-order valence-corrected chi connectivity index (χ0v) is 13.3.